The van der Waals surface area contributed by atoms with E-state index < -0.39 is 30.3 Å². The molecule has 0 saturated heterocycles. The van der Waals surface area contributed by atoms with Gasteiger partial charge in [0.25, 0.3) is 5.91 Å². The lowest BCUT2D eigenvalue weighted by molar-refractivity contribution is 0.0751. The average Bonchev–Trinajstić information content (AvgIpc) is 2.56. The third-order valence-corrected chi connectivity index (χ3v) is 3.93. The number of aliphatic hydroxyl groups excluding tert-OH is 2. The molecule has 2 aromatic rings. The number of nitrogens with two attached hydrogens (primary N) is 1. The Kier molecular flexibility index (Phi) is 6.90. The Morgan fingerprint density at radius 1 is 1.27 bits per heavy atom. The topological polar surface area (TPSA) is 105 Å². The fraction of sp³-hybridized carbons (Fsp3) is 0.235. The number of amides is 1. The molecule has 140 valence electrons. The summed E-state index contributed by atoms with van der Waals surface area (Å²) in [5, 5.41) is 20.7. The van der Waals surface area contributed by atoms with Crippen molar-refractivity contribution in [3.63, 3.8) is 0 Å². The van der Waals surface area contributed by atoms with Crippen LogP contribution in [0, 0.1) is 11.6 Å². The van der Waals surface area contributed by atoms with Crippen LogP contribution in [-0.2, 0) is 0 Å². The Labute approximate surface area is 156 Å². The number of anilines is 2. The summed E-state index contributed by atoms with van der Waals surface area (Å²) in [6.45, 7) is -0.539. The van der Waals surface area contributed by atoms with Crippen LogP contribution in [-0.4, -0.2) is 35.4 Å². The highest BCUT2D eigenvalue weighted by atomic mass is 79.9. The van der Waals surface area contributed by atoms with Gasteiger partial charge in [-0.1, -0.05) is 15.9 Å². The van der Waals surface area contributed by atoms with Crippen molar-refractivity contribution in [1.82, 2.24) is 0 Å². The lowest BCUT2D eigenvalue weighted by Crippen LogP contribution is -2.19. The van der Waals surface area contributed by atoms with Gasteiger partial charge in [0, 0.05) is 17.0 Å². The van der Waals surface area contributed by atoms with Gasteiger partial charge >= 0.3 is 0 Å². The lowest BCUT2D eigenvalue weighted by Gasteiger charge is -2.16. The van der Waals surface area contributed by atoms with E-state index in [9.17, 15) is 18.7 Å². The highest BCUT2D eigenvalue weighted by Crippen LogP contribution is 2.32. The molecule has 2 aromatic carbocycles. The number of ether oxygens (including phenoxy) is 1. The summed E-state index contributed by atoms with van der Waals surface area (Å²) >= 11 is 3.13. The second-order valence-electron chi connectivity index (χ2n) is 5.41. The fourth-order valence-corrected chi connectivity index (χ4v) is 2.51. The van der Waals surface area contributed by atoms with E-state index in [1.165, 1.54) is 12.1 Å². The van der Waals surface area contributed by atoms with E-state index in [-0.39, 0.29) is 35.7 Å². The molecule has 1 unspecified atom stereocenters. The molecule has 0 aliphatic carbocycles. The number of benzene rings is 2. The summed E-state index contributed by atoms with van der Waals surface area (Å²) in [6, 6.07) is 6.15. The van der Waals surface area contributed by atoms with Gasteiger partial charge in [0.1, 0.15) is 22.9 Å². The number of carbonyl (C=O) groups is 1. The molecule has 1 atom stereocenters. The number of nitrogens with one attached hydrogen (secondary N) is 1. The number of halogens is 3. The third-order valence-electron chi connectivity index (χ3n) is 3.43. The van der Waals surface area contributed by atoms with E-state index in [0.717, 1.165) is 12.1 Å². The minimum Gasteiger partial charge on any atom is -0.492 e. The Morgan fingerprint density at radius 2 is 2.00 bits per heavy atom. The Bertz CT molecular complexity index is 805. The van der Waals surface area contributed by atoms with Crippen molar-refractivity contribution in [2.75, 3.05) is 18.5 Å². The number of aliphatic hydroxyl groups is 2. The predicted molar refractivity (Wildman–Crippen MR) is 95.5 cm³/mol. The molecule has 1 amide bonds. The standard InChI is InChI=1S/C17H17BrF2N2O4/c18-9-1-2-13(12(20)5-9)22-14-6-10(19)7-15(16(14)17(21)25)26-4-3-11(24)8-23/h1-2,5-7,11,22-24H,3-4,8H2,(H2,21,25). The quantitative estimate of drug-likeness (QED) is 0.515. The van der Waals surface area contributed by atoms with Crippen molar-refractivity contribution < 1.29 is 28.5 Å². The van der Waals surface area contributed by atoms with Gasteiger partial charge in [-0.15, -0.1) is 0 Å². The van der Waals surface area contributed by atoms with Crippen LogP contribution in [0.2, 0.25) is 0 Å². The minimum absolute atomic E-state index is 0.0166. The second-order valence-corrected chi connectivity index (χ2v) is 6.33. The first-order chi connectivity index (χ1) is 12.3. The Balaban J connectivity index is 2.34. The molecule has 2 rings (SSSR count). The first-order valence-corrected chi connectivity index (χ1v) is 8.38. The van der Waals surface area contributed by atoms with Gasteiger partial charge in [0.05, 0.1) is 30.7 Å². The van der Waals surface area contributed by atoms with E-state index in [1.54, 1.807) is 6.07 Å². The predicted octanol–water partition coefficient (Wildman–Crippen LogP) is 2.69. The van der Waals surface area contributed by atoms with Gasteiger partial charge in [-0.3, -0.25) is 4.79 Å². The largest absolute Gasteiger partial charge is 0.492 e. The van der Waals surface area contributed by atoms with Crippen LogP contribution >= 0.6 is 15.9 Å². The van der Waals surface area contributed by atoms with Crippen LogP contribution in [0.4, 0.5) is 20.2 Å². The maximum absolute atomic E-state index is 14.0. The van der Waals surface area contributed by atoms with Crippen LogP contribution in [0.1, 0.15) is 16.8 Å². The van der Waals surface area contributed by atoms with Crippen molar-refractivity contribution >= 4 is 33.2 Å². The summed E-state index contributed by atoms with van der Waals surface area (Å²) < 4.78 is 33.8. The molecular weight excluding hydrogens is 414 g/mol. The molecule has 0 spiro atoms. The monoisotopic (exact) mass is 430 g/mol. The smallest absolute Gasteiger partial charge is 0.254 e. The lowest BCUT2D eigenvalue weighted by atomic mass is 10.1. The molecule has 26 heavy (non-hydrogen) atoms. The first kappa shape index (κ1) is 20.1. The molecule has 0 bridgehead atoms. The van der Waals surface area contributed by atoms with Crippen molar-refractivity contribution in [2.45, 2.75) is 12.5 Å². The van der Waals surface area contributed by atoms with Crippen LogP contribution in [0.3, 0.4) is 0 Å². The van der Waals surface area contributed by atoms with E-state index in [0.29, 0.717) is 4.47 Å². The molecule has 0 aromatic heterocycles. The van der Waals surface area contributed by atoms with E-state index in [4.69, 9.17) is 15.6 Å². The Morgan fingerprint density at radius 3 is 2.62 bits per heavy atom. The van der Waals surface area contributed by atoms with Crippen molar-refractivity contribution in [3.8, 4) is 5.75 Å². The highest BCUT2D eigenvalue weighted by molar-refractivity contribution is 9.10. The molecule has 0 radical (unpaired) electrons. The maximum atomic E-state index is 14.0. The molecular formula is C17H17BrF2N2O4. The second kappa shape index (κ2) is 8.93. The summed E-state index contributed by atoms with van der Waals surface area (Å²) in [5.41, 5.74) is 5.16. The van der Waals surface area contributed by atoms with Gasteiger partial charge in [0.15, 0.2) is 0 Å². The van der Waals surface area contributed by atoms with Gasteiger partial charge in [0.2, 0.25) is 0 Å². The van der Waals surface area contributed by atoms with Gasteiger partial charge in [-0.05, 0) is 24.3 Å². The maximum Gasteiger partial charge on any atom is 0.254 e. The van der Waals surface area contributed by atoms with Crippen molar-refractivity contribution in [1.29, 1.82) is 0 Å². The molecule has 0 heterocycles. The number of hydrogen-bond donors (Lipinski definition) is 4. The molecule has 9 heteroatoms. The van der Waals surface area contributed by atoms with Crippen LogP contribution < -0.4 is 15.8 Å². The summed E-state index contributed by atoms with van der Waals surface area (Å²) in [6.07, 6.45) is -0.940. The van der Waals surface area contributed by atoms with Crippen LogP contribution in [0.5, 0.6) is 5.75 Å². The van der Waals surface area contributed by atoms with Crippen molar-refractivity contribution in [3.05, 3.63) is 52.0 Å². The van der Waals surface area contributed by atoms with Crippen molar-refractivity contribution in [2.24, 2.45) is 5.73 Å². The summed E-state index contributed by atoms with van der Waals surface area (Å²) in [5.74, 6) is -2.40. The average molecular weight is 431 g/mol. The van der Waals surface area contributed by atoms with Gasteiger partial charge in [-0.2, -0.15) is 0 Å². The zero-order valence-electron chi connectivity index (χ0n) is 13.5. The number of primary amides is 1. The minimum atomic E-state index is -1.00. The van der Waals surface area contributed by atoms with E-state index in [1.807, 2.05) is 0 Å². The fourth-order valence-electron chi connectivity index (χ4n) is 2.18. The van der Waals surface area contributed by atoms with Crippen LogP contribution in [0.25, 0.3) is 0 Å². The summed E-state index contributed by atoms with van der Waals surface area (Å²) in [4.78, 5) is 11.8. The third kappa shape index (κ3) is 5.13. The number of carbonyl (C=O) groups excluding carboxylic acids is 1. The van der Waals surface area contributed by atoms with E-state index >= 15 is 0 Å². The number of hydrogen-bond acceptors (Lipinski definition) is 5. The zero-order chi connectivity index (χ0) is 19.3. The van der Waals surface area contributed by atoms with E-state index in [2.05, 4.69) is 21.2 Å². The molecule has 0 fully saturated rings. The molecule has 0 saturated carbocycles. The molecule has 6 nitrogen and oxygen atoms in total. The Hall–Kier alpha value is -2.23. The number of rotatable bonds is 8. The first-order valence-electron chi connectivity index (χ1n) is 7.59. The van der Waals surface area contributed by atoms with Gasteiger partial charge < -0.3 is 26.0 Å². The molecule has 5 N–H and O–H groups in total. The molecule has 0 aliphatic rings. The highest BCUT2D eigenvalue weighted by Gasteiger charge is 2.19. The zero-order valence-corrected chi connectivity index (χ0v) is 15.1. The summed E-state index contributed by atoms with van der Waals surface area (Å²) in [7, 11) is 0. The SMILES string of the molecule is NC(=O)c1c(Nc2ccc(Br)cc2F)cc(F)cc1OCCC(O)CO. The normalized spacial score (nSPS) is 11.9. The molecule has 0 aliphatic heterocycles. The van der Waals surface area contributed by atoms with Gasteiger partial charge in [-0.25, -0.2) is 8.78 Å². The van der Waals surface area contributed by atoms with Crippen LogP contribution in [0.15, 0.2) is 34.8 Å².